The molecule has 146 valence electrons. The van der Waals surface area contributed by atoms with Gasteiger partial charge in [0.2, 0.25) is 21.4 Å². The van der Waals surface area contributed by atoms with E-state index >= 15 is 0 Å². The van der Waals surface area contributed by atoms with E-state index in [1.54, 1.807) is 4.72 Å². The minimum atomic E-state index is -4.38. The van der Waals surface area contributed by atoms with E-state index in [0.717, 1.165) is 44.4 Å². The molecule has 1 amide bonds. The summed E-state index contributed by atoms with van der Waals surface area (Å²) in [6, 6.07) is 0.150. The highest BCUT2D eigenvalue weighted by Crippen LogP contribution is 2.26. The normalized spacial score (nSPS) is 17.2. The molecule has 0 spiro atoms. The van der Waals surface area contributed by atoms with Gasteiger partial charge in [-0.15, -0.1) is 0 Å². The predicted molar refractivity (Wildman–Crippen MR) is 91.4 cm³/mol. The van der Waals surface area contributed by atoms with Crippen molar-refractivity contribution < 1.29 is 22.0 Å². The molecule has 8 nitrogen and oxygen atoms in total. The van der Waals surface area contributed by atoms with Crippen molar-refractivity contribution >= 4 is 21.7 Å². The maximum atomic E-state index is 12.2. The van der Waals surface area contributed by atoms with E-state index < -0.39 is 45.3 Å². The highest BCUT2D eigenvalue weighted by molar-refractivity contribution is 7.89. The number of hydrogen-bond acceptors (Lipinski definition) is 5. The lowest BCUT2D eigenvalue weighted by atomic mass is 9.84. The van der Waals surface area contributed by atoms with Gasteiger partial charge >= 0.3 is 0 Å². The number of anilines is 1. The molecular weight excluding hydrogens is 370 g/mol. The Morgan fingerprint density at radius 3 is 2.54 bits per heavy atom. The van der Waals surface area contributed by atoms with Crippen LogP contribution in [0.1, 0.15) is 32.1 Å². The van der Waals surface area contributed by atoms with Crippen molar-refractivity contribution in [1.82, 2.24) is 9.71 Å². The van der Waals surface area contributed by atoms with Crippen molar-refractivity contribution in [2.24, 2.45) is 11.7 Å². The molecule has 11 heteroatoms. The van der Waals surface area contributed by atoms with E-state index in [2.05, 4.69) is 10.3 Å². The van der Waals surface area contributed by atoms with Gasteiger partial charge in [-0.3, -0.25) is 9.59 Å². The maximum Gasteiger partial charge on any atom is 0.251 e. The van der Waals surface area contributed by atoms with Crippen LogP contribution >= 0.6 is 0 Å². The first-order valence-corrected chi connectivity index (χ1v) is 9.76. The van der Waals surface area contributed by atoms with Crippen molar-refractivity contribution in [3.8, 4) is 0 Å². The van der Waals surface area contributed by atoms with Gasteiger partial charge in [0.15, 0.2) is 0 Å². The summed E-state index contributed by atoms with van der Waals surface area (Å²) in [6.45, 7) is -1.10. The summed E-state index contributed by atoms with van der Waals surface area (Å²) in [4.78, 5) is 25.9. The van der Waals surface area contributed by atoms with Crippen molar-refractivity contribution in [3.63, 3.8) is 0 Å². The Bertz CT molecular complexity index is 791. The summed E-state index contributed by atoms with van der Waals surface area (Å²) in [7, 11) is -4.38. The number of nitrogens with two attached hydrogens (primary N) is 1. The molecule has 1 aromatic rings. The number of aromatic amines is 1. The van der Waals surface area contributed by atoms with Gasteiger partial charge in [-0.25, -0.2) is 21.9 Å². The maximum absolute atomic E-state index is 12.2. The Kier molecular flexibility index (Phi) is 6.84. The van der Waals surface area contributed by atoms with Crippen LogP contribution in [0.2, 0.25) is 0 Å². The summed E-state index contributed by atoms with van der Waals surface area (Å²) < 4.78 is 49.6. The van der Waals surface area contributed by atoms with Crippen molar-refractivity contribution in [2.75, 3.05) is 11.9 Å². The van der Waals surface area contributed by atoms with Crippen LogP contribution in [0.5, 0.6) is 0 Å². The van der Waals surface area contributed by atoms with Crippen LogP contribution in [0.15, 0.2) is 22.0 Å². The molecular formula is C15H22F2N4O4S. The van der Waals surface area contributed by atoms with E-state index in [1.807, 2.05) is 0 Å². The van der Waals surface area contributed by atoms with Gasteiger partial charge in [0.25, 0.3) is 6.43 Å². The SMILES string of the molecule is N[C@H](C(=O)Nc1cc(=O)c(S(=O)(=O)NCC(F)F)c[nH]1)C1CCCCC1. The zero-order chi connectivity index (χ0) is 19.3. The second-order valence-corrected chi connectivity index (χ2v) is 7.97. The molecule has 0 unspecified atom stereocenters. The molecule has 2 rings (SSSR count). The smallest absolute Gasteiger partial charge is 0.251 e. The second kappa shape index (κ2) is 8.69. The van der Waals surface area contributed by atoms with Gasteiger partial charge in [-0.1, -0.05) is 19.3 Å². The van der Waals surface area contributed by atoms with Gasteiger partial charge in [-0.2, -0.15) is 0 Å². The minimum absolute atomic E-state index is 0.0148. The molecule has 1 fully saturated rings. The summed E-state index contributed by atoms with van der Waals surface area (Å²) >= 11 is 0. The van der Waals surface area contributed by atoms with Crippen LogP contribution in [-0.2, 0) is 14.8 Å². The number of pyridine rings is 1. The molecule has 1 aliphatic rings. The average Bonchev–Trinajstić information content (AvgIpc) is 2.60. The molecule has 0 aliphatic heterocycles. The van der Waals surface area contributed by atoms with Crippen LogP contribution in [0.4, 0.5) is 14.6 Å². The monoisotopic (exact) mass is 392 g/mol. The number of alkyl halides is 2. The number of carbonyl (C=O) groups is 1. The lowest BCUT2D eigenvalue weighted by Gasteiger charge is -2.26. The van der Waals surface area contributed by atoms with E-state index in [-0.39, 0.29) is 11.7 Å². The van der Waals surface area contributed by atoms with E-state index in [9.17, 15) is 26.8 Å². The molecule has 1 aliphatic carbocycles. The van der Waals surface area contributed by atoms with E-state index in [0.29, 0.717) is 0 Å². The van der Waals surface area contributed by atoms with Crippen LogP contribution in [-0.4, -0.2) is 38.3 Å². The Labute approximate surface area is 149 Å². The molecule has 1 saturated carbocycles. The number of rotatable bonds is 7. The van der Waals surface area contributed by atoms with E-state index in [1.165, 1.54) is 0 Å². The van der Waals surface area contributed by atoms with Crippen molar-refractivity contribution in [3.05, 3.63) is 22.5 Å². The van der Waals surface area contributed by atoms with Gasteiger partial charge in [0.1, 0.15) is 10.7 Å². The lowest BCUT2D eigenvalue weighted by molar-refractivity contribution is -0.118. The number of aromatic nitrogens is 1. The average molecular weight is 392 g/mol. The molecule has 0 radical (unpaired) electrons. The molecule has 0 bridgehead atoms. The van der Waals surface area contributed by atoms with Gasteiger partial charge in [0, 0.05) is 12.3 Å². The number of sulfonamides is 1. The third-order valence-corrected chi connectivity index (χ3v) is 5.76. The van der Waals surface area contributed by atoms with Crippen LogP contribution in [0, 0.1) is 5.92 Å². The lowest BCUT2D eigenvalue weighted by Crippen LogP contribution is -2.43. The molecule has 1 heterocycles. The predicted octanol–water partition coefficient (Wildman–Crippen LogP) is 0.764. The fourth-order valence-corrected chi connectivity index (χ4v) is 3.95. The number of carbonyl (C=O) groups excluding carboxylic acids is 1. The molecule has 26 heavy (non-hydrogen) atoms. The summed E-state index contributed by atoms with van der Waals surface area (Å²) in [5.74, 6) is -0.424. The van der Waals surface area contributed by atoms with Crippen LogP contribution < -0.4 is 21.2 Å². The second-order valence-electron chi connectivity index (χ2n) is 6.23. The highest BCUT2D eigenvalue weighted by atomic mass is 32.2. The summed E-state index contributed by atoms with van der Waals surface area (Å²) in [5, 5.41) is 2.45. The highest BCUT2D eigenvalue weighted by Gasteiger charge is 2.27. The zero-order valence-electron chi connectivity index (χ0n) is 14.0. The summed E-state index contributed by atoms with van der Waals surface area (Å²) in [5.41, 5.74) is 5.03. The molecule has 1 aromatic heterocycles. The third-order valence-electron chi connectivity index (χ3n) is 4.31. The fraction of sp³-hybridized carbons (Fsp3) is 0.600. The standard InChI is InChI=1S/C15H22F2N4O4S/c16-12(17)8-20-26(24,25)11-7-19-13(6-10(11)22)21-15(23)14(18)9-4-2-1-3-5-9/h6-7,9,12,14,20H,1-5,8,18H2,(H2,19,21,22,23)/t14-/m0/s1. The largest absolute Gasteiger partial charge is 0.347 e. The van der Waals surface area contributed by atoms with Gasteiger partial charge < -0.3 is 16.0 Å². The van der Waals surface area contributed by atoms with Gasteiger partial charge in [-0.05, 0) is 18.8 Å². The molecule has 1 atom stereocenters. The van der Waals surface area contributed by atoms with Crippen molar-refractivity contribution in [1.29, 1.82) is 0 Å². The molecule has 0 aromatic carbocycles. The molecule has 0 saturated heterocycles. The van der Waals surface area contributed by atoms with Crippen molar-refractivity contribution in [2.45, 2.75) is 49.5 Å². The number of amides is 1. The first kappa shape index (κ1) is 20.5. The summed E-state index contributed by atoms with van der Waals surface area (Å²) in [6.07, 6.45) is 2.83. The Morgan fingerprint density at radius 1 is 1.31 bits per heavy atom. The Balaban J connectivity index is 2.07. The first-order valence-electron chi connectivity index (χ1n) is 8.27. The van der Waals surface area contributed by atoms with Crippen LogP contribution in [0.25, 0.3) is 0 Å². The van der Waals surface area contributed by atoms with E-state index in [4.69, 9.17) is 5.73 Å². The number of halogens is 2. The number of H-pyrrole nitrogens is 1. The fourth-order valence-electron chi connectivity index (χ4n) is 2.91. The number of nitrogens with one attached hydrogen (secondary N) is 3. The minimum Gasteiger partial charge on any atom is -0.347 e. The van der Waals surface area contributed by atoms with Crippen LogP contribution in [0.3, 0.4) is 0 Å². The first-order chi connectivity index (χ1) is 12.2. The Hall–Kier alpha value is -1.85. The Morgan fingerprint density at radius 2 is 1.96 bits per heavy atom. The topological polar surface area (TPSA) is 134 Å². The molecule has 5 N–H and O–H groups in total. The number of hydrogen-bond donors (Lipinski definition) is 4. The third kappa shape index (κ3) is 5.32. The zero-order valence-corrected chi connectivity index (χ0v) is 14.8. The quantitative estimate of drug-likeness (QED) is 0.544. The van der Waals surface area contributed by atoms with Gasteiger partial charge in [0.05, 0.1) is 12.6 Å².